The second kappa shape index (κ2) is 8.27. The monoisotopic (exact) mass is 452 g/mol. The largest absolute Gasteiger partial charge is 0.506 e. The molecule has 0 saturated carbocycles. The lowest BCUT2D eigenvalue weighted by Crippen LogP contribution is -2.60. The highest BCUT2D eigenvalue weighted by molar-refractivity contribution is 6.36. The van der Waals surface area contributed by atoms with Crippen LogP contribution in [0.3, 0.4) is 0 Å². The van der Waals surface area contributed by atoms with E-state index in [4.69, 9.17) is 23.2 Å². The highest BCUT2D eigenvalue weighted by Crippen LogP contribution is 2.33. The first-order chi connectivity index (χ1) is 14.1. The molecular formula is C18H14Cl2N4O6. The van der Waals surface area contributed by atoms with Crippen molar-refractivity contribution in [2.24, 2.45) is 5.92 Å². The fourth-order valence-electron chi connectivity index (χ4n) is 2.75. The molecule has 0 spiro atoms. The predicted octanol–water partition coefficient (Wildman–Crippen LogP) is 2.30. The number of hydrogen-bond acceptors (Lipinski definition) is 7. The highest BCUT2D eigenvalue weighted by atomic mass is 35.5. The number of phenols is 1. The van der Waals surface area contributed by atoms with Crippen LogP contribution in [0.2, 0.25) is 10.0 Å². The molecule has 156 valence electrons. The molecule has 1 aromatic heterocycles. The van der Waals surface area contributed by atoms with Gasteiger partial charge in [0.2, 0.25) is 5.91 Å². The molecule has 2 N–H and O–H groups in total. The lowest BCUT2D eigenvalue weighted by atomic mass is 10.0. The van der Waals surface area contributed by atoms with Gasteiger partial charge in [-0.05, 0) is 18.2 Å². The lowest BCUT2D eigenvalue weighted by molar-refractivity contribution is -0.178. The van der Waals surface area contributed by atoms with Crippen molar-refractivity contribution in [3.8, 4) is 17.0 Å². The van der Waals surface area contributed by atoms with E-state index >= 15 is 0 Å². The molecule has 1 aliphatic rings. The van der Waals surface area contributed by atoms with Gasteiger partial charge >= 0.3 is 6.03 Å². The standard InChI is InChI=1S/C18H14Cl2N4O6/c1-23-16(27)13(17(28)24(30-2)18(23)29)15(26)22-11-4-3-8(5-12(11)25)14-10(20)6-9(19)7-21-14/h3-7,13,25H,1-2H3,(H,22,26). The number of aromatic hydroxyl groups is 1. The number of carbonyl (C=O) groups excluding carboxylic acids is 4. The van der Waals surface area contributed by atoms with E-state index in [1.807, 2.05) is 0 Å². The summed E-state index contributed by atoms with van der Waals surface area (Å²) in [6, 6.07) is 4.61. The van der Waals surface area contributed by atoms with Gasteiger partial charge in [0.1, 0.15) is 5.75 Å². The Hall–Kier alpha value is -3.21. The number of pyridine rings is 1. The Morgan fingerprint density at radius 3 is 2.50 bits per heavy atom. The molecule has 0 bridgehead atoms. The van der Waals surface area contributed by atoms with E-state index in [0.717, 1.165) is 14.2 Å². The van der Waals surface area contributed by atoms with Gasteiger partial charge in [0, 0.05) is 18.8 Å². The summed E-state index contributed by atoms with van der Waals surface area (Å²) in [5, 5.41) is 13.5. The van der Waals surface area contributed by atoms with Gasteiger partial charge in [-0.15, -0.1) is 5.06 Å². The number of hydroxylamine groups is 2. The van der Waals surface area contributed by atoms with Crippen molar-refractivity contribution in [1.29, 1.82) is 0 Å². The normalized spacial score (nSPS) is 16.8. The first kappa shape index (κ1) is 21.5. The van der Waals surface area contributed by atoms with Crippen molar-refractivity contribution in [2.45, 2.75) is 0 Å². The summed E-state index contributed by atoms with van der Waals surface area (Å²) in [6.45, 7) is 0. The van der Waals surface area contributed by atoms with E-state index < -0.39 is 29.7 Å². The summed E-state index contributed by atoms with van der Waals surface area (Å²) in [6.07, 6.45) is 1.38. The van der Waals surface area contributed by atoms with Gasteiger partial charge < -0.3 is 10.4 Å². The molecule has 1 aromatic carbocycles. The average Bonchev–Trinajstić information content (AvgIpc) is 2.68. The Bertz CT molecular complexity index is 1080. The number of halogens is 2. The second-order valence-corrected chi connectivity index (χ2v) is 6.98. The van der Waals surface area contributed by atoms with Crippen LogP contribution in [0.5, 0.6) is 5.75 Å². The number of nitrogens with zero attached hydrogens (tertiary/aromatic N) is 3. The van der Waals surface area contributed by atoms with Gasteiger partial charge in [-0.3, -0.25) is 29.1 Å². The first-order valence-electron chi connectivity index (χ1n) is 8.30. The topological polar surface area (TPSA) is 129 Å². The quantitative estimate of drug-likeness (QED) is 0.537. The minimum atomic E-state index is -1.86. The maximum atomic E-state index is 12.6. The van der Waals surface area contributed by atoms with E-state index in [9.17, 15) is 24.3 Å². The van der Waals surface area contributed by atoms with E-state index in [0.29, 0.717) is 26.2 Å². The van der Waals surface area contributed by atoms with Gasteiger partial charge in [-0.2, -0.15) is 0 Å². The van der Waals surface area contributed by atoms with Crippen LogP contribution in [0, 0.1) is 5.92 Å². The predicted molar refractivity (Wildman–Crippen MR) is 105 cm³/mol. The molecule has 1 saturated heterocycles. The number of urea groups is 1. The maximum absolute atomic E-state index is 12.6. The van der Waals surface area contributed by atoms with Crippen LogP contribution in [0.25, 0.3) is 11.3 Å². The molecular weight excluding hydrogens is 439 g/mol. The number of carbonyl (C=O) groups is 4. The van der Waals surface area contributed by atoms with Crippen LogP contribution in [0.15, 0.2) is 30.5 Å². The van der Waals surface area contributed by atoms with Crippen molar-refractivity contribution in [3.05, 3.63) is 40.5 Å². The third kappa shape index (κ3) is 3.80. The highest BCUT2D eigenvalue weighted by Gasteiger charge is 2.49. The fraction of sp³-hybridized carbons (Fsp3) is 0.167. The van der Waals surface area contributed by atoms with Crippen molar-refractivity contribution < 1.29 is 29.1 Å². The third-order valence-corrected chi connectivity index (χ3v) is 4.76. The minimum Gasteiger partial charge on any atom is -0.506 e. The molecule has 1 fully saturated rings. The van der Waals surface area contributed by atoms with Gasteiger partial charge in [0.05, 0.1) is 28.5 Å². The molecule has 0 radical (unpaired) electrons. The number of hydrogen-bond donors (Lipinski definition) is 2. The summed E-state index contributed by atoms with van der Waals surface area (Å²) in [4.78, 5) is 58.4. The van der Waals surface area contributed by atoms with Crippen LogP contribution in [0.4, 0.5) is 10.5 Å². The molecule has 10 nitrogen and oxygen atoms in total. The number of aromatic nitrogens is 1. The van der Waals surface area contributed by atoms with Crippen LogP contribution < -0.4 is 5.32 Å². The zero-order chi connectivity index (χ0) is 22.2. The SMILES string of the molecule is CON1C(=O)C(C(=O)Nc2ccc(-c3ncc(Cl)cc3Cl)cc2O)C(=O)N(C)C1=O. The van der Waals surface area contributed by atoms with Crippen LogP contribution in [0.1, 0.15) is 0 Å². The molecule has 2 aromatic rings. The molecule has 5 amide bonds. The Kier molecular flexibility index (Phi) is 5.92. The average molecular weight is 453 g/mol. The number of phenolic OH excluding ortho intramolecular Hbond substituents is 1. The Balaban J connectivity index is 1.85. The molecule has 1 atom stereocenters. The van der Waals surface area contributed by atoms with Gasteiger partial charge in [0.25, 0.3) is 11.8 Å². The Labute approximate surface area is 179 Å². The Morgan fingerprint density at radius 2 is 1.90 bits per heavy atom. The van der Waals surface area contributed by atoms with E-state index in [1.165, 1.54) is 30.5 Å². The summed E-state index contributed by atoms with van der Waals surface area (Å²) >= 11 is 11.9. The van der Waals surface area contributed by atoms with Crippen LogP contribution in [-0.2, 0) is 19.2 Å². The molecule has 1 unspecified atom stereocenters. The summed E-state index contributed by atoms with van der Waals surface area (Å²) in [5.41, 5.74) is 0.716. The van der Waals surface area contributed by atoms with E-state index in [2.05, 4.69) is 15.1 Å². The van der Waals surface area contributed by atoms with Crippen molar-refractivity contribution in [1.82, 2.24) is 14.9 Å². The lowest BCUT2D eigenvalue weighted by Gasteiger charge is -2.32. The maximum Gasteiger partial charge on any atom is 0.357 e. The summed E-state index contributed by atoms with van der Waals surface area (Å²) in [7, 11) is 2.16. The fourth-order valence-corrected chi connectivity index (χ4v) is 3.24. The number of barbiturate groups is 1. The second-order valence-electron chi connectivity index (χ2n) is 6.13. The van der Waals surface area contributed by atoms with E-state index in [-0.39, 0.29) is 16.5 Å². The molecule has 12 heteroatoms. The number of rotatable bonds is 4. The zero-order valence-electron chi connectivity index (χ0n) is 15.6. The van der Waals surface area contributed by atoms with Gasteiger partial charge in [-0.25, -0.2) is 4.79 Å². The molecule has 0 aliphatic carbocycles. The zero-order valence-corrected chi connectivity index (χ0v) is 17.1. The number of imide groups is 2. The van der Waals surface area contributed by atoms with Crippen molar-refractivity contribution in [3.63, 3.8) is 0 Å². The third-order valence-electron chi connectivity index (χ3n) is 4.27. The molecule has 3 rings (SSSR count). The minimum absolute atomic E-state index is 0.0713. The number of amides is 5. The number of nitrogens with one attached hydrogen (secondary N) is 1. The first-order valence-corrected chi connectivity index (χ1v) is 9.06. The number of anilines is 1. The van der Waals surface area contributed by atoms with Gasteiger partial charge in [-0.1, -0.05) is 29.3 Å². The molecule has 1 aliphatic heterocycles. The molecule has 2 heterocycles. The number of benzene rings is 1. The van der Waals surface area contributed by atoms with Crippen LogP contribution in [-0.4, -0.2) is 58.0 Å². The molecule has 30 heavy (non-hydrogen) atoms. The van der Waals surface area contributed by atoms with Crippen molar-refractivity contribution in [2.75, 3.05) is 19.5 Å². The van der Waals surface area contributed by atoms with Crippen molar-refractivity contribution >= 4 is 52.6 Å². The van der Waals surface area contributed by atoms with Crippen LogP contribution >= 0.6 is 23.2 Å². The smallest absolute Gasteiger partial charge is 0.357 e. The van der Waals surface area contributed by atoms with Gasteiger partial charge in [0.15, 0.2) is 5.92 Å². The van der Waals surface area contributed by atoms with E-state index in [1.54, 1.807) is 0 Å². The Morgan fingerprint density at radius 1 is 1.20 bits per heavy atom. The summed E-state index contributed by atoms with van der Waals surface area (Å²) in [5.74, 6) is -5.44. The summed E-state index contributed by atoms with van der Waals surface area (Å²) < 4.78 is 0.